The van der Waals surface area contributed by atoms with Gasteiger partial charge >= 0.3 is 12.1 Å². The molecule has 2 heterocycles. The third-order valence-electron chi connectivity index (χ3n) is 5.12. The van der Waals surface area contributed by atoms with Crippen LogP contribution in [0.2, 0.25) is 0 Å². The predicted octanol–water partition coefficient (Wildman–Crippen LogP) is 5.28. The van der Waals surface area contributed by atoms with E-state index in [4.69, 9.17) is 0 Å². The Bertz CT molecular complexity index is 1450. The van der Waals surface area contributed by atoms with E-state index in [1.54, 1.807) is 30.5 Å². The van der Waals surface area contributed by atoms with Crippen molar-refractivity contribution < 1.29 is 27.3 Å². The number of hydrogen-bond donors (Lipinski definition) is 3. The van der Waals surface area contributed by atoms with Crippen LogP contribution in [0, 0.1) is 18.8 Å². The van der Waals surface area contributed by atoms with Gasteiger partial charge in [-0.15, -0.1) is 11.3 Å². The van der Waals surface area contributed by atoms with Crippen LogP contribution in [-0.2, 0) is 27.1 Å². The first-order chi connectivity index (χ1) is 16.9. The van der Waals surface area contributed by atoms with Crippen molar-refractivity contribution in [1.82, 2.24) is 9.71 Å². The summed E-state index contributed by atoms with van der Waals surface area (Å²) < 4.78 is 54.4. The standard InChI is InChI=1S/C26H23F3N2O3S2/c1-4-5-6-22-17(2)30-16-19(22)15-23(25(32)33)31-36(3,34)24-14-13-21(35-24)12-9-18-7-10-20(11-8-18)26(27,28)29/h4-8,10-11,13-14,16,23,30H,1,3,15H2,2H3,(H,31,34)(H,32,33)/b6-5-/t23-,36?/m0/s1. The third kappa shape index (κ3) is 6.79. The van der Waals surface area contributed by atoms with Crippen molar-refractivity contribution in [2.45, 2.75) is 29.8 Å². The molecular weight excluding hydrogens is 509 g/mol. The van der Waals surface area contributed by atoms with Gasteiger partial charge in [0.15, 0.2) is 0 Å². The minimum absolute atomic E-state index is 0.0644. The van der Waals surface area contributed by atoms with E-state index in [1.165, 1.54) is 12.1 Å². The summed E-state index contributed by atoms with van der Waals surface area (Å²) >= 11 is 1.07. The van der Waals surface area contributed by atoms with E-state index in [2.05, 4.69) is 34.0 Å². The van der Waals surface area contributed by atoms with Crippen molar-refractivity contribution in [1.29, 1.82) is 0 Å². The number of aromatic amines is 1. The van der Waals surface area contributed by atoms with Crippen LogP contribution in [0.3, 0.4) is 0 Å². The summed E-state index contributed by atoms with van der Waals surface area (Å²) in [6, 6.07) is 6.42. The molecule has 3 aromatic rings. The normalized spacial score (nSPS) is 14.1. The Morgan fingerprint density at radius 1 is 1.25 bits per heavy atom. The van der Waals surface area contributed by atoms with Gasteiger partial charge in [-0.1, -0.05) is 36.6 Å². The van der Waals surface area contributed by atoms with Gasteiger partial charge < -0.3 is 10.1 Å². The molecule has 10 heteroatoms. The fourth-order valence-electron chi connectivity index (χ4n) is 3.28. The Balaban J connectivity index is 1.77. The maximum absolute atomic E-state index is 13.3. The molecule has 0 radical (unpaired) electrons. The summed E-state index contributed by atoms with van der Waals surface area (Å²) in [5.41, 5.74) is 2.05. The minimum atomic E-state index is -4.42. The minimum Gasteiger partial charge on any atom is -0.480 e. The number of benzene rings is 1. The van der Waals surface area contributed by atoms with Crippen molar-refractivity contribution in [2.75, 3.05) is 0 Å². The molecule has 0 bridgehead atoms. The van der Waals surface area contributed by atoms with Gasteiger partial charge in [0.1, 0.15) is 6.04 Å². The fraction of sp³-hybridized carbons (Fsp3) is 0.154. The molecular formula is C26H23F3N2O3S2. The number of nitrogens with one attached hydrogen (secondary N) is 2. The first-order valence-corrected chi connectivity index (χ1v) is 13.1. The van der Waals surface area contributed by atoms with Gasteiger partial charge in [0.05, 0.1) is 24.4 Å². The highest BCUT2D eigenvalue weighted by Crippen LogP contribution is 2.29. The van der Waals surface area contributed by atoms with Gasteiger partial charge in [0, 0.05) is 23.9 Å². The molecule has 0 saturated heterocycles. The molecule has 5 nitrogen and oxygen atoms in total. The number of aromatic nitrogens is 1. The molecule has 0 saturated carbocycles. The lowest BCUT2D eigenvalue weighted by Crippen LogP contribution is -2.42. The van der Waals surface area contributed by atoms with E-state index in [-0.39, 0.29) is 6.42 Å². The predicted molar refractivity (Wildman–Crippen MR) is 138 cm³/mol. The molecule has 3 N–H and O–H groups in total. The molecule has 36 heavy (non-hydrogen) atoms. The number of carbonyl (C=O) groups is 1. The Hall–Kier alpha value is -3.52. The lowest BCUT2D eigenvalue weighted by atomic mass is 10.0. The molecule has 1 aromatic carbocycles. The highest BCUT2D eigenvalue weighted by molar-refractivity contribution is 8.00. The molecule has 188 valence electrons. The summed E-state index contributed by atoms with van der Waals surface area (Å²) in [7, 11) is -3.18. The lowest BCUT2D eigenvalue weighted by Gasteiger charge is -2.17. The van der Waals surface area contributed by atoms with E-state index < -0.39 is 33.5 Å². The number of aliphatic carboxylic acids is 1. The highest BCUT2D eigenvalue weighted by Gasteiger charge is 2.30. The quantitative estimate of drug-likeness (QED) is 0.210. The van der Waals surface area contributed by atoms with E-state index in [0.717, 1.165) is 40.3 Å². The number of H-pyrrole nitrogens is 1. The first-order valence-electron chi connectivity index (χ1n) is 10.5. The topological polar surface area (TPSA) is 82.2 Å². The van der Waals surface area contributed by atoms with Gasteiger partial charge in [-0.25, -0.2) is 8.93 Å². The molecule has 0 spiro atoms. The zero-order chi connectivity index (χ0) is 26.5. The molecule has 0 amide bonds. The number of aryl methyl sites for hydroxylation is 1. The maximum Gasteiger partial charge on any atom is 0.416 e. The Kier molecular flexibility index (Phi) is 8.30. The van der Waals surface area contributed by atoms with Crippen LogP contribution < -0.4 is 4.72 Å². The van der Waals surface area contributed by atoms with Crippen LogP contribution in [0.25, 0.3) is 6.08 Å². The van der Waals surface area contributed by atoms with Crippen LogP contribution in [-0.4, -0.2) is 32.2 Å². The Morgan fingerprint density at radius 3 is 2.56 bits per heavy atom. The van der Waals surface area contributed by atoms with Crippen molar-refractivity contribution in [3.8, 4) is 11.8 Å². The second-order valence-corrected chi connectivity index (χ2v) is 11.1. The summed E-state index contributed by atoms with van der Waals surface area (Å²) in [6.45, 7) is 5.50. The zero-order valence-corrected chi connectivity index (χ0v) is 20.8. The smallest absolute Gasteiger partial charge is 0.416 e. The number of carboxylic acids is 1. The second-order valence-electron chi connectivity index (χ2n) is 7.78. The molecule has 3 rings (SSSR count). The van der Waals surface area contributed by atoms with Crippen molar-refractivity contribution >= 4 is 39.0 Å². The number of hydrogen-bond acceptors (Lipinski definition) is 3. The van der Waals surface area contributed by atoms with E-state index in [0.29, 0.717) is 14.6 Å². The number of carboxylic acid groups (broad SMARTS) is 1. The van der Waals surface area contributed by atoms with Crippen LogP contribution in [0.15, 0.2) is 65.5 Å². The summed E-state index contributed by atoms with van der Waals surface area (Å²) in [5, 5.41) is 9.75. The van der Waals surface area contributed by atoms with Crippen molar-refractivity contribution in [2.24, 2.45) is 0 Å². The Morgan fingerprint density at radius 2 is 1.94 bits per heavy atom. The maximum atomic E-state index is 13.3. The van der Waals surface area contributed by atoms with Gasteiger partial charge in [-0.05, 0) is 60.3 Å². The third-order valence-corrected chi connectivity index (χ3v) is 8.42. The summed E-state index contributed by atoms with van der Waals surface area (Å²) in [4.78, 5) is 15.5. The molecule has 2 aromatic heterocycles. The highest BCUT2D eigenvalue weighted by atomic mass is 32.2. The van der Waals surface area contributed by atoms with Crippen LogP contribution >= 0.6 is 11.3 Å². The summed E-state index contributed by atoms with van der Waals surface area (Å²) in [6.07, 6.45) is 2.52. The van der Waals surface area contributed by atoms with Gasteiger partial charge in [0.2, 0.25) is 0 Å². The van der Waals surface area contributed by atoms with Crippen LogP contribution in [0.5, 0.6) is 0 Å². The van der Waals surface area contributed by atoms with Crippen LogP contribution in [0.1, 0.15) is 32.8 Å². The number of rotatable bonds is 8. The van der Waals surface area contributed by atoms with Crippen LogP contribution in [0.4, 0.5) is 13.2 Å². The SMILES string of the molecule is C=C/C=C\c1c(C[C@H](NS(=C)(=O)c2ccc(C#Cc3ccc(C(F)(F)F)cc3)s2)C(=O)O)c[nH]c1C. The average molecular weight is 533 g/mol. The van der Waals surface area contributed by atoms with E-state index in [9.17, 15) is 27.3 Å². The molecule has 0 aliphatic carbocycles. The lowest BCUT2D eigenvalue weighted by molar-refractivity contribution is -0.139. The molecule has 2 atom stereocenters. The number of thiophene rings is 1. The number of alkyl halides is 3. The Labute approximate surface area is 211 Å². The van der Waals surface area contributed by atoms with Gasteiger partial charge in [-0.3, -0.25) is 4.79 Å². The largest absolute Gasteiger partial charge is 0.480 e. The summed E-state index contributed by atoms with van der Waals surface area (Å²) in [5.74, 6) is 8.14. The first kappa shape index (κ1) is 27.1. The van der Waals surface area contributed by atoms with E-state index in [1.807, 2.05) is 13.0 Å². The molecule has 0 aliphatic heterocycles. The average Bonchev–Trinajstić information content (AvgIpc) is 3.43. The van der Waals surface area contributed by atoms with Crippen molar-refractivity contribution in [3.05, 3.63) is 94.2 Å². The molecule has 0 fully saturated rings. The second kappa shape index (κ2) is 11.0. The van der Waals surface area contributed by atoms with Gasteiger partial charge in [-0.2, -0.15) is 13.2 Å². The number of halogens is 3. The number of allylic oxidation sites excluding steroid dienone is 2. The molecule has 1 unspecified atom stereocenters. The van der Waals surface area contributed by atoms with Gasteiger partial charge in [0.25, 0.3) is 0 Å². The molecule has 0 aliphatic rings. The fourth-order valence-corrected chi connectivity index (χ4v) is 5.88. The van der Waals surface area contributed by atoms with Crippen molar-refractivity contribution in [3.63, 3.8) is 0 Å². The van der Waals surface area contributed by atoms with E-state index >= 15 is 0 Å². The monoisotopic (exact) mass is 532 g/mol. The zero-order valence-electron chi connectivity index (χ0n) is 19.2.